The number of ether oxygens (including phenoxy) is 2. The zero-order valence-corrected chi connectivity index (χ0v) is 14.5. The summed E-state index contributed by atoms with van der Waals surface area (Å²) in [5, 5.41) is 6.05. The predicted octanol–water partition coefficient (Wildman–Crippen LogP) is 4.09. The van der Waals surface area contributed by atoms with Crippen LogP contribution in [0.15, 0.2) is 67.0 Å². The van der Waals surface area contributed by atoms with E-state index in [9.17, 15) is 4.79 Å². The van der Waals surface area contributed by atoms with Gasteiger partial charge in [-0.05, 0) is 42.5 Å². The van der Waals surface area contributed by atoms with Crippen LogP contribution in [-0.4, -0.2) is 25.1 Å². The number of para-hydroxylation sites is 2. The fourth-order valence-electron chi connectivity index (χ4n) is 2.41. The maximum absolute atomic E-state index is 12.5. The first-order chi connectivity index (χ1) is 12.7. The normalized spacial score (nSPS) is 10.1. The molecule has 2 aromatic carbocycles. The molecular formula is C20H19N3O3. The predicted molar refractivity (Wildman–Crippen MR) is 101 cm³/mol. The molecule has 1 heterocycles. The number of nitrogens with one attached hydrogen (secondary N) is 2. The molecule has 2 N–H and O–H groups in total. The van der Waals surface area contributed by atoms with Gasteiger partial charge in [0.05, 0.1) is 37.4 Å². The molecule has 3 rings (SSSR count). The summed E-state index contributed by atoms with van der Waals surface area (Å²) in [6, 6.07) is 16.4. The van der Waals surface area contributed by atoms with E-state index >= 15 is 0 Å². The number of pyridine rings is 1. The largest absolute Gasteiger partial charge is 0.497 e. The average Bonchev–Trinajstić information content (AvgIpc) is 2.69. The third-order valence-corrected chi connectivity index (χ3v) is 3.73. The number of aromatic nitrogens is 1. The standard InChI is InChI=1S/C20H19N3O3/c1-25-17-9-7-15(8-10-17)23-20(24)14-11-16(13-21-12-14)22-18-5-3-4-6-19(18)26-2/h3-13,22H,1-2H3,(H,23,24). The number of methoxy groups -OCH3 is 2. The Morgan fingerprint density at radius 3 is 2.42 bits per heavy atom. The number of benzene rings is 2. The fraction of sp³-hybridized carbons (Fsp3) is 0.100. The first kappa shape index (κ1) is 17.3. The van der Waals surface area contributed by atoms with Crippen LogP contribution >= 0.6 is 0 Å². The summed E-state index contributed by atoms with van der Waals surface area (Å²) in [5.41, 5.74) is 2.61. The van der Waals surface area contributed by atoms with E-state index in [1.165, 1.54) is 6.20 Å². The molecule has 3 aromatic rings. The Labute approximate surface area is 151 Å². The molecule has 132 valence electrons. The molecule has 6 heteroatoms. The molecule has 0 saturated carbocycles. The quantitative estimate of drug-likeness (QED) is 0.701. The van der Waals surface area contributed by atoms with Crippen molar-refractivity contribution in [1.82, 2.24) is 4.98 Å². The summed E-state index contributed by atoms with van der Waals surface area (Å²) in [7, 11) is 3.21. The number of nitrogens with zero attached hydrogens (tertiary/aromatic N) is 1. The number of carbonyl (C=O) groups is 1. The Balaban J connectivity index is 1.74. The van der Waals surface area contributed by atoms with Crippen LogP contribution in [0.3, 0.4) is 0 Å². The van der Waals surface area contributed by atoms with Crippen LogP contribution in [0.1, 0.15) is 10.4 Å². The second-order valence-electron chi connectivity index (χ2n) is 5.47. The van der Waals surface area contributed by atoms with E-state index in [1.54, 1.807) is 50.7 Å². The van der Waals surface area contributed by atoms with Crippen molar-refractivity contribution >= 4 is 23.0 Å². The van der Waals surface area contributed by atoms with Gasteiger partial charge in [-0.15, -0.1) is 0 Å². The Kier molecular flexibility index (Phi) is 5.34. The highest BCUT2D eigenvalue weighted by Crippen LogP contribution is 2.27. The molecule has 0 aliphatic carbocycles. The smallest absolute Gasteiger partial charge is 0.257 e. The lowest BCUT2D eigenvalue weighted by molar-refractivity contribution is 0.102. The van der Waals surface area contributed by atoms with Gasteiger partial charge in [0.1, 0.15) is 11.5 Å². The van der Waals surface area contributed by atoms with Gasteiger partial charge in [-0.1, -0.05) is 12.1 Å². The fourth-order valence-corrected chi connectivity index (χ4v) is 2.41. The molecule has 26 heavy (non-hydrogen) atoms. The van der Waals surface area contributed by atoms with Crippen molar-refractivity contribution in [2.24, 2.45) is 0 Å². The van der Waals surface area contributed by atoms with Gasteiger partial charge < -0.3 is 20.1 Å². The molecule has 0 aliphatic rings. The van der Waals surface area contributed by atoms with Gasteiger partial charge in [-0.3, -0.25) is 9.78 Å². The van der Waals surface area contributed by atoms with E-state index in [1.807, 2.05) is 24.3 Å². The minimum atomic E-state index is -0.244. The molecule has 0 bridgehead atoms. The lowest BCUT2D eigenvalue weighted by Gasteiger charge is -2.11. The molecule has 0 saturated heterocycles. The van der Waals surface area contributed by atoms with Gasteiger partial charge in [0.2, 0.25) is 0 Å². The van der Waals surface area contributed by atoms with Crippen LogP contribution in [0.4, 0.5) is 17.1 Å². The first-order valence-corrected chi connectivity index (χ1v) is 8.00. The zero-order chi connectivity index (χ0) is 18.4. The number of amides is 1. The van der Waals surface area contributed by atoms with Crippen molar-refractivity contribution in [3.05, 3.63) is 72.6 Å². The Hall–Kier alpha value is -3.54. The SMILES string of the molecule is COc1ccc(NC(=O)c2cncc(Nc3ccccc3OC)c2)cc1. The topological polar surface area (TPSA) is 72.5 Å². The summed E-state index contributed by atoms with van der Waals surface area (Å²) in [5.74, 6) is 1.19. The van der Waals surface area contributed by atoms with E-state index < -0.39 is 0 Å². The molecule has 0 fully saturated rings. The summed E-state index contributed by atoms with van der Waals surface area (Å²) >= 11 is 0. The van der Waals surface area contributed by atoms with Gasteiger partial charge in [-0.25, -0.2) is 0 Å². The van der Waals surface area contributed by atoms with Crippen LogP contribution in [-0.2, 0) is 0 Å². The molecular weight excluding hydrogens is 330 g/mol. The maximum Gasteiger partial charge on any atom is 0.257 e. The monoisotopic (exact) mass is 349 g/mol. The molecule has 0 unspecified atom stereocenters. The van der Waals surface area contributed by atoms with Crippen LogP contribution in [0.2, 0.25) is 0 Å². The summed E-state index contributed by atoms with van der Waals surface area (Å²) in [6.45, 7) is 0. The van der Waals surface area contributed by atoms with Gasteiger partial charge in [0.15, 0.2) is 0 Å². The molecule has 0 atom stereocenters. The second-order valence-corrected chi connectivity index (χ2v) is 5.47. The summed E-state index contributed by atoms with van der Waals surface area (Å²) in [6.07, 6.45) is 3.17. The third-order valence-electron chi connectivity index (χ3n) is 3.73. The zero-order valence-electron chi connectivity index (χ0n) is 14.5. The Bertz CT molecular complexity index is 895. The van der Waals surface area contributed by atoms with Crippen LogP contribution < -0.4 is 20.1 Å². The number of carbonyl (C=O) groups excluding carboxylic acids is 1. The van der Waals surface area contributed by atoms with Gasteiger partial charge >= 0.3 is 0 Å². The Morgan fingerprint density at radius 2 is 1.69 bits per heavy atom. The second kappa shape index (κ2) is 8.02. The van der Waals surface area contributed by atoms with Gasteiger partial charge in [-0.2, -0.15) is 0 Å². The maximum atomic E-state index is 12.5. The molecule has 1 aromatic heterocycles. The van der Waals surface area contributed by atoms with Crippen LogP contribution in [0, 0.1) is 0 Å². The minimum absolute atomic E-state index is 0.244. The molecule has 0 radical (unpaired) electrons. The number of hydrogen-bond donors (Lipinski definition) is 2. The number of hydrogen-bond acceptors (Lipinski definition) is 5. The molecule has 0 spiro atoms. The highest BCUT2D eigenvalue weighted by atomic mass is 16.5. The number of anilines is 3. The van der Waals surface area contributed by atoms with Crippen molar-refractivity contribution < 1.29 is 14.3 Å². The highest BCUT2D eigenvalue weighted by molar-refractivity contribution is 6.04. The van der Waals surface area contributed by atoms with E-state index in [-0.39, 0.29) is 5.91 Å². The highest BCUT2D eigenvalue weighted by Gasteiger charge is 2.09. The van der Waals surface area contributed by atoms with Crippen molar-refractivity contribution in [3.8, 4) is 11.5 Å². The van der Waals surface area contributed by atoms with Gasteiger partial charge in [0, 0.05) is 11.9 Å². The summed E-state index contributed by atoms with van der Waals surface area (Å²) in [4.78, 5) is 16.6. The molecule has 1 amide bonds. The van der Waals surface area contributed by atoms with Crippen molar-refractivity contribution in [2.45, 2.75) is 0 Å². The first-order valence-electron chi connectivity index (χ1n) is 8.00. The van der Waals surface area contributed by atoms with Crippen molar-refractivity contribution in [3.63, 3.8) is 0 Å². The van der Waals surface area contributed by atoms with Crippen molar-refractivity contribution in [1.29, 1.82) is 0 Å². The van der Waals surface area contributed by atoms with E-state index in [0.717, 1.165) is 11.4 Å². The lowest BCUT2D eigenvalue weighted by atomic mass is 10.2. The van der Waals surface area contributed by atoms with Crippen LogP contribution in [0.5, 0.6) is 11.5 Å². The molecule has 0 aliphatic heterocycles. The van der Waals surface area contributed by atoms with E-state index in [0.29, 0.717) is 22.7 Å². The minimum Gasteiger partial charge on any atom is -0.497 e. The average molecular weight is 349 g/mol. The van der Waals surface area contributed by atoms with E-state index in [4.69, 9.17) is 9.47 Å². The van der Waals surface area contributed by atoms with Gasteiger partial charge in [0.25, 0.3) is 5.91 Å². The molecule has 6 nitrogen and oxygen atoms in total. The summed E-state index contributed by atoms with van der Waals surface area (Å²) < 4.78 is 10.4. The van der Waals surface area contributed by atoms with E-state index in [2.05, 4.69) is 15.6 Å². The number of rotatable bonds is 6. The van der Waals surface area contributed by atoms with Crippen LogP contribution in [0.25, 0.3) is 0 Å². The Morgan fingerprint density at radius 1 is 0.923 bits per heavy atom. The lowest BCUT2D eigenvalue weighted by Crippen LogP contribution is -2.12. The van der Waals surface area contributed by atoms with Crippen molar-refractivity contribution in [2.75, 3.05) is 24.9 Å². The third kappa shape index (κ3) is 4.10.